The highest BCUT2D eigenvalue weighted by atomic mass is 16.5. The Morgan fingerprint density at radius 3 is 2.37 bits per heavy atom. The lowest BCUT2D eigenvalue weighted by atomic mass is 9.88. The number of ether oxygens (including phenoxy) is 1. The Balaban J connectivity index is 1.87. The van der Waals surface area contributed by atoms with E-state index in [1.54, 1.807) is 18.2 Å². The summed E-state index contributed by atoms with van der Waals surface area (Å²) in [6.45, 7) is 2.93. The van der Waals surface area contributed by atoms with Crippen LogP contribution in [0, 0.1) is 0 Å². The molecule has 150 valence electrons. The summed E-state index contributed by atoms with van der Waals surface area (Å²) in [4.78, 5) is 26.9. The van der Waals surface area contributed by atoms with Crippen LogP contribution in [-0.4, -0.2) is 56.0 Å². The van der Waals surface area contributed by atoms with Crippen LogP contribution in [0.3, 0.4) is 0 Å². The molecule has 1 aliphatic carbocycles. The number of amides is 2. The molecule has 1 fully saturated rings. The van der Waals surface area contributed by atoms with Gasteiger partial charge < -0.3 is 20.3 Å². The van der Waals surface area contributed by atoms with Gasteiger partial charge in [0.1, 0.15) is 5.75 Å². The van der Waals surface area contributed by atoms with Crippen molar-refractivity contribution in [3.63, 3.8) is 0 Å². The highest BCUT2D eigenvalue weighted by Crippen LogP contribution is 2.30. The van der Waals surface area contributed by atoms with Crippen molar-refractivity contribution in [1.82, 2.24) is 15.5 Å². The smallest absolute Gasteiger partial charge is 0.255 e. The molecule has 27 heavy (non-hydrogen) atoms. The zero-order valence-electron chi connectivity index (χ0n) is 16.8. The Hall–Kier alpha value is -2.08. The third kappa shape index (κ3) is 5.96. The first-order valence-corrected chi connectivity index (χ1v) is 9.92. The summed E-state index contributed by atoms with van der Waals surface area (Å²) in [5.74, 6) is 0.0663. The molecule has 1 aromatic rings. The van der Waals surface area contributed by atoms with Gasteiger partial charge >= 0.3 is 0 Å². The maximum absolute atomic E-state index is 12.4. The molecule has 2 rings (SSSR count). The van der Waals surface area contributed by atoms with Crippen molar-refractivity contribution < 1.29 is 14.3 Å². The summed E-state index contributed by atoms with van der Waals surface area (Å²) >= 11 is 0. The predicted octanol–water partition coefficient (Wildman–Crippen LogP) is 2.59. The standard InChI is InChI=1S/C21H33N3O3/c1-4-27-18-12-8-7-11-17(18)20(26)22-15-19(25)23-16-21(24(2)3)13-9-5-6-10-14-21/h7-8,11-12H,4-6,9-10,13-16H2,1-3H3,(H,22,26)(H,23,25). The lowest BCUT2D eigenvalue weighted by Crippen LogP contribution is -2.53. The van der Waals surface area contributed by atoms with Gasteiger partial charge in [0, 0.05) is 12.1 Å². The van der Waals surface area contributed by atoms with Gasteiger partial charge in [0.15, 0.2) is 0 Å². The number of carbonyl (C=O) groups excluding carboxylic acids is 2. The highest BCUT2D eigenvalue weighted by Gasteiger charge is 2.33. The molecule has 1 aliphatic rings. The van der Waals surface area contributed by atoms with Gasteiger partial charge in [0.2, 0.25) is 5.91 Å². The third-order valence-corrected chi connectivity index (χ3v) is 5.44. The average Bonchev–Trinajstić information content (AvgIpc) is 2.92. The van der Waals surface area contributed by atoms with E-state index in [9.17, 15) is 9.59 Å². The monoisotopic (exact) mass is 375 g/mol. The van der Waals surface area contributed by atoms with E-state index in [1.165, 1.54) is 25.7 Å². The van der Waals surface area contributed by atoms with Gasteiger partial charge in [-0.3, -0.25) is 9.59 Å². The Morgan fingerprint density at radius 2 is 1.74 bits per heavy atom. The van der Waals surface area contributed by atoms with E-state index >= 15 is 0 Å². The highest BCUT2D eigenvalue weighted by molar-refractivity contribution is 5.98. The van der Waals surface area contributed by atoms with Crippen LogP contribution in [0.4, 0.5) is 0 Å². The first-order valence-electron chi connectivity index (χ1n) is 9.92. The molecule has 0 unspecified atom stereocenters. The summed E-state index contributed by atoms with van der Waals surface area (Å²) in [6.07, 6.45) is 7.10. The zero-order chi connectivity index (χ0) is 19.7. The molecule has 2 amide bonds. The molecule has 0 atom stereocenters. The van der Waals surface area contributed by atoms with Crippen LogP contribution in [-0.2, 0) is 4.79 Å². The van der Waals surface area contributed by atoms with E-state index in [2.05, 4.69) is 29.6 Å². The van der Waals surface area contributed by atoms with E-state index in [1.807, 2.05) is 13.0 Å². The fraction of sp³-hybridized carbons (Fsp3) is 0.619. The largest absolute Gasteiger partial charge is 0.493 e. The third-order valence-electron chi connectivity index (χ3n) is 5.44. The first-order chi connectivity index (χ1) is 13.0. The molecule has 6 heteroatoms. The van der Waals surface area contributed by atoms with Crippen molar-refractivity contribution in [2.24, 2.45) is 0 Å². The van der Waals surface area contributed by atoms with Gasteiger partial charge in [-0.2, -0.15) is 0 Å². The van der Waals surface area contributed by atoms with Crippen LogP contribution in [0.15, 0.2) is 24.3 Å². The Bertz CT molecular complexity index is 623. The quantitative estimate of drug-likeness (QED) is 0.685. The Morgan fingerprint density at radius 1 is 1.07 bits per heavy atom. The van der Waals surface area contributed by atoms with Gasteiger partial charge in [-0.05, 0) is 46.0 Å². The number of benzene rings is 1. The molecular weight excluding hydrogens is 342 g/mol. The average molecular weight is 376 g/mol. The minimum Gasteiger partial charge on any atom is -0.493 e. The minimum absolute atomic E-state index is 0.0116. The lowest BCUT2D eigenvalue weighted by molar-refractivity contribution is -0.120. The van der Waals surface area contributed by atoms with Crippen molar-refractivity contribution >= 4 is 11.8 Å². The van der Waals surface area contributed by atoms with E-state index in [-0.39, 0.29) is 23.9 Å². The van der Waals surface area contributed by atoms with Crippen molar-refractivity contribution in [1.29, 1.82) is 0 Å². The number of nitrogens with one attached hydrogen (secondary N) is 2. The number of nitrogens with zero attached hydrogens (tertiary/aromatic N) is 1. The second-order valence-corrected chi connectivity index (χ2v) is 7.42. The SMILES string of the molecule is CCOc1ccccc1C(=O)NCC(=O)NCC1(N(C)C)CCCCCC1. The van der Waals surface area contributed by atoms with Gasteiger partial charge in [0.05, 0.1) is 18.7 Å². The molecule has 0 radical (unpaired) electrons. The molecular formula is C21H33N3O3. The predicted molar refractivity (Wildman–Crippen MR) is 107 cm³/mol. The number of para-hydroxylation sites is 1. The van der Waals surface area contributed by atoms with Crippen molar-refractivity contribution in [3.8, 4) is 5.75 Å². The van der Waals surface area contributed by atoms with Crippen LogP contribution in [0.5, 0.6) is 5.75 Å². The summed E-state index contributed by atoms with van der Waals surface area (Å²) in [5, 5.41) is 5.72. The van der Waals surface area contributed by atoms with Gasteiger partial charge in [-0.1, -0.05) is 37.8 Å². The first kappa shape index (κ1) is 21.2. The van der Waals surface area contributed by atoms with Crippen LogP contribution < -0.4 is 15.4 Å². The zero-order valence-corrected chi connectivity index (χ0v) is 16.8. The molecule has 1 saturated carbocycles. The fourth-order valence-corrected chi connectivity index (χ4v) is 3.69. The Kier molecular flexibility index (Phi) is 8.10. The van der Waals surface area contributed by atoms with Gasteiger partial charge in [0.25, 0.3) is 5.91 Å². The van der Waals surface area contributed by atoms with E-state index in [4.69, 9.17) is 4.74 Å². The lowest BCUT2D eigenvalue weighted by Gasteiger charge is -2.39. The number of hydrogen-bond donors (Lipinski definition) is 2. The molecule has 0 aliphatic heterocycles. The molecule has 2 N–H and O–H groups in total. The molecule has 0 saturated heterocycles. The molecule has 0 aromatic heterocycles. The van der Waals surface area contributed by atoms with Crippen LogP contribution in [0.1, 0.15) is 55.8 Å². The normalized spacial score (nSPS) is 16.4. The molecule has 0 spiro atoms. The molecule has 6 nitrogen and oxygen atoms in total. The van der Waals surface area contributed by atoms with Crippen molar-refractivity contribution in [2.45, 2.75) is 51.0 Å². The summed E-state index contributed by atoms with van der Waals surface area (Å²) in [7, 11) is 4.17. The van der Waals surface area contributed by atoms with E-state index < -0.39 is 0 Å². The minimum atomic E-state index is -0.300. The van der Waals surface area contributed by atoms with Crippen LogP contribution in [0.25, 0.3) is 0 Å². The second kappa shape index (κ2) is 10.3. The fourth-order valence-electron chi connectivity index (χ4n) is 3.69. The number of carbonyl (C=O) groups is 2. The van der Waals surface area contributed by atoms with E-state index in [0.717, 1.165) is 12.8 Å². The van der Waals surface area contributed by atoms with Crippen LogP contribution in [0.2, 0.25) is 0 Å². The maximum atomic E-state index is 12.4. The number of rotatable bonds is 8. The number of likely N-dealkylation sites (N-methyl/N-ethyl adjacent to an activating group) is 1. The number of hydrogen-bond acceptors (Lipinski definition) is 4. The van der Waals surface area contributed by atoms with E-state index in [0.29, 0.717) is 24.5 Å². The summed E-state index contributed by atoms with van der Waals surface area (Å²) in [5.41, 5.74) is 0.457. The van der Waals surface area contributed by atoms with Crippen molar-refractivity contribution in [2.75, 3.05) is 33.8 Å². The molecule has 0 heterocycles. The van der Waals surface area contributed by atoms with Gasteiger partial charge in [-0.25, -0.2) is 0 Å². The van der Waals surface area contributed by atoms with Crippen LogP contribution >= 0.6 is 0 Å². The van der Waals surface area contributed by atoms with Crippen molar-refractivity contribution in [3.05, 3.63) is 29.8 Å². The summed E-state index contributed by atoms with van der Waals surface area (Å²) in [6, 6.07) is 7.06. The molecule has 0 bridgehead atoms. The summed E-state index contributed by atoms with van der Waals surface area (Å²) < 4.78 is 5.48. The second-order valence-electron chi connectivity index (χ2n) is 7.42. The van der Waals surface area contributed by atoms with Gasteiger partial charge in [-0.15, -0.1) is 0 Å². The Labute approximate surface area is 162 Å². The maximum Gasteiger partial charge on any atom is 0.255 e. The topological polar surface area (TPSA) is 70.7 Å². The molecule has 1 aromatic carbocycles.